The van der Waals surface area contributed by atoms with Crippen molar-refractivity contribution in [2.24, 2.45) is 5.41 Å². The van der Waals surface area contributed by atoms with E-state index in [2.05, 4.69) is 35.3 Å². The van der Waals surface area contributed by atoms with Crippen LogP contribution in [0.1, 0.15) is 26.6 Å². The van der Waals surface area contributed by atoms with Crippen molar-refractivity contribution in [3.8, 4) is 5.69 Å². The number of imidazole rings is 1. The average molecular weight is 266 g/mol. The van der Waals surface area contributed by atoms with Crippen molar-refractivity contribution in [1.82, 2.24) is 19.5 Å². The van der Waals surface area contributed by atoms with Gasteiger partial charge in [0, 0.05) is 18.8 Å². The highest BCUT2D eigenvalue weighted by Crippen LogP contribution is 2.25. The third-order valence-corrected chi connectivity index (χ3v) is 3.08. The van der Waals surface area contributed by atoms with E-state index in [0.29, 0.717) is 0 Å². The molecule has 0 saturated carbocycles. The van der Waals surface area contributed by atoms with E-state index in [0.717, 1.165) is 29.1 Å². The van der Waals surface area contributed by atoms with E-state index in [-0.39, 0.29) is 5.41 Å². The lowest BCUT2D eigenvalue weighted by Crippen LogP contribution is -2.14. The summed E-state index contributed by atoms with van der Waals surface area (Å²) in [6.45, 7) is 6.65. The van der Waals surface area contributed by atoms with Crippen molar-refractivity contribution >= 4 is 11.2 Å². The Labute approximate surface area is 118 Å². The molecule has 3 rings (SSSR count). The van der Waals surface area contributed by atoms with Gasteiger partial charge in [0.1, 0.15) is 11.3 Å². The lowest BCUT2D eigenvalue weighted by Gasteiger charge is -2.18. The zero-order chi connectivity index (χ0) is 14.2. The maximum atomic E-state index is 4.75. The Morgan fingerprint density at radius 3 is 2.60 bits per heavy atom. The maximum Gasteiger partial charge on any atom is 0.164 e. The van der Waals surface area contributed by atoms with Crippen LogP contribution in [0.2, 0.25) is 0 Å². The molecule has 0 spiro atoms. The Bertz CT molecular complexity index is 723. The van der Waals surface area contributed by atoms with Crippen LogP contribution in [0.3, 0.4) is 0 Å². The number of fused-ring (bicyclic) bond motifs is 1. The molecule has 4 nitrogen and oxygen atoms in total. The van der Waals surface area contributed by atoms with Crippen LogP contribution in [0.4, 0.5) is 0 Å². The fourth-order valence-electron chi connectivity index (χ4n) is 2.31. The van der Waals surface area contributed by atoms with Gasteiger partial charge in [0.15, 0.2) is 5.65 Å². The molecule has 20 heavy (non-hydrogen) atoms. The van der Waals surface area contributed by atoms with Gasteiger partial charge in [-0.3, -0.25) is 9.55 Å². The Morgan fingerprint density at radius 2 is 1.90 bits per heavy atom. The van der Waals surface area contributed by atoms with E-state index < -0.39 is 0 Å². The fourth-order valence-corrected chi connectivity index (χ4v) is 2.31. The lowest BCUT2D eigenvalue weighted by molar-refractivity contribution is 0.399. The Hall–Kier alpha value is -2.23. The summed E-state index contributed by atoms with van der Waals surface area (Å²) in [5, 5.41) is 0. The Balaban J connectivity index is 2.24. The summed E-state index contributed by atoms with van der Waals surface area (Å²) in [6, 6.07) is 7.89. The van der Waals surface area contributed by atoms with Crippen LogP contribution in [-0.2, 0) is 6.42 Å². The van der Waals surface area contributed by atoms with Crippen molar-refractivity contribution in [3.63, 3.8) is 0 Å². The zero-order valence-corrected chi connectivity index (χ0v) is 12.0. The van der Waals surface area contributed by atoms with Crippen molar-refractivity contribution in [2.75, 3.05) is 0 Å². The van der Waals surface area contributed by atoms with Crippen LogP contribution in [0, 0.1) is 5.41 Å². The van der Waals surface area contributed by atoms with Gasteiger partial charge in [-0.25, -0.2) is 9.97 Å². The first-order valence-corrected chi connectivity index (χ1v) is 6.77. The summed E-state index contributed by atoms with van der Waals surface area (Å²) in [5.74, 6) is 1.03. The first-order valence-electron chi connectivity index (χ1n) is 6.77. The first kappa shape index (κ1) is 12.8. The smallest absolute Gasteiger partial charge is 0.164 e. The van der Waals surface area contributed by atoms with Gasteiger partial charge in [0.25, 0.3) is 0 Å². The normalized spacial score (nSPS) is 11.9. The van der Waals surface area contributed by atoms with Gasteiger partial charge in [0.2, 0.25) is 0 Å². The minimum absolute atomic E-state index is 0.168. The molecule has 3 aromatic rings. The first-order chi connectivity index (χ1) is 9.54. The molecule has 0 amide bonds. The van der Waals surface area contributed by atoms with Crippen LogP contribution in [-0.4, -0.2) is 19.5 Å². The third-order valence-electron chi connectivity index (χ3n) is 3.08. The van der Waals surface area contributed by atoms with Crippen LogP contribution in [0.5, 0.6) is 0 Å². The highest BCUT2D eigenvalue weighted by molar-refractivity contribution is 5.73. The highest BCUT2D eigenvalue weighted by Gasteiger charge is 2.19. The molecule has 0 aliphatic carbocycles. The molecule has 4 heteroatoms. The van der Waals surface area contributed by atoms with E-state index in [1.54, 1.807) is 12.4 Å². The summed E-state index contributed by atoms with van der Waals surface area (Å²) in [6.07, 6.45) is 6.32. The van der Waals surface area contributed by atoms with E-state index in [1.807, 2.05) is 30.5 Å². The van der Waals surface area contributed by atoms with Crippen LogP contribution in [0.15, 0.2) is 42.9 Å². The Kier molecular flexibility index (Phi) is 3.01. The van der Waals surface area contributed by atoms with Gasteiger partial charge in [-0.05, 0) is 29.7 Å². The van der Waals surface area contributed by atoms with Crippen LogP contribution >= 0.6 is 0 Å². The van der Waals surface area contributed by atoms with E-state index >= 15 is 0 Å². The molecule has 0 aromatic carbocycles. The predicted molar refractivity (Wildman–Crippen MR) is 79.8 cm³/mol. The number of pyridine rings is 2. The summed E-state index contributed by atoms with van der Waals surface area (Å²) in [7, 11) is 0. The van der Waals surface area contributed by atoms with Gasteiger partial charge in [-0.2, -0.15) is 0 Å². The largest absolute Gasteiger partial charge is 0.279 e. The second-order valence-corrected chi connectivity index (χ2v) is 6.16. The summed E-state index contributed by atoms with van der Waals surface area (Å²) >= 11 is 0. The molecule has 0 radical (unpaired) electrons. The van der Waals surface area contributed by atoms with E-state index in [1.165, 1.54) is 0 Å². The quantitative estimate of drug-likeness (QED) is 0.714. The molecule has 0 aliphatic rings. The molecule has 0 atom stereocenters. The molecule has 0 saturated heterocycles. The number of hydrogen-bond donors (Lipinski definition) is 0. The van der Waals surface area contributed by atoms with Gasteiger partial charge in [-0.15, -0.1) is 0 Å². The van der Waals surface area contributed by atoms with Crippen molar-refractivity contribution in [1.29, 1.82) is 0 Å². The number of rotatable bonds is 2. The van der Waals surface area contributed by atoms with E-state index in [4.69, 9.17) is 4.98 Å². The molecule has 0 bridgehead atoms. The number of hydrogen-bond acceptors (Lipinski definition) is 3. The summed E-state index contributed by atoms with van der Waals surface area (Å²) in [5.41, 5.74) is 2.99. The minimum atomic E-state index is 0.168. The molecular weight excluding hydrogens is 248 g/mol. The predicted octanol–water partition coefficient (Wildman–Crippen LogP) is 3.40. The number of nitrogens with zero attached hydrogens (tertiary/aromatic N) is 4. The molecule has 102 valence electrons. The lowest BCUT2D eigenvalue weighted by atomic mass is 9.92. The Morgan fingerprint density at radius 1 is 1.10 bits per heavy atom. The van der Waals surface area contributed by atoms with Crippen molar-refractivity contribution < 1.29 is 0 Å². The van der Waals surface area contributed by atoms with E-state index in [9.17, 15) is 0 Å². The standard InChI is InChI=1S/C16H18N4/c1-16(2,3)10-14-19-13-7-5-9-18-15(13)20(14)12-6-4-8-17-11-12/h4-9,11H,10H2,1-3H3. The molecule has 0 unspecified atom stereocenters. The topological polar surface area (TPSA) is 43.6 Å². The van der Waals surface area contributed by atoms with Crippen LogP contribution in [0.25, 0.3) is 16.9 Å². The SMILES string of the molecule is CC(C)(C)Cc1nc2cccnc2n1-c1cccnc1. The maximum absolute atomic E-state index is 4.75. The second kappa shape index (κ2) is 4.71. The van der Waals surface area contributed by atoms with Crippen molar-refractivity contribution in [2.45, 2.75) is 27.2 Å². The van der Waals surface area contributed by atoms with Gasteiger partial charge in [0.05, 0.1) is 11.9 Å². The minimum Gasteiger partial charge on any atom is -0.279 e. The van der Waals surface area contributed by atoms with Gasteiger partial charge < -0.3 is 0 Å². The summed E-state index contributed by atoms with van der Waals surface area (Å²) < 4.78 is 2.10. The average Bonchev–Trinajstić information content (AvgIpc) is 2.75. The molecular formula is C16H18N4. The van der Waals surface area contributed by atoms with Gasteiger partial charge in [-0.1, -0.05) is 20.8 Å². The fraction of sp³-hybridized carbons (Fsp3) is 0.312. The molecule has 0 aliphatic heterocycles. The molecule has 0 N–H and O–H groups in total. The molecule has 3 aromatic heterocycles. The zero-order valence-electron chi connectivity index (χ0n) is 12.0. The number of aromatic nitrogens is 4. The highest BCUT2D eigenvalue weighted by atomic mass is 15.1. The monoisotopic (exact) mass is 266 g/mol. The summed E-state index contributed by atoms with van der Waals surface area (Å²) in [4.78, 5) is 13.4. The third kappa shape index (κ3) is 2.41. The van der Waals surface area contributed by atoms with Crippen LogP contribution < -0.4 is 0 Å². The van der Waals surface area contributed by atoms with Crippen molar-refractivity contribution in [3.05, 3.63) is 48.7 Å². The molecule has 0 fully saturated rings. The van der Waals surface area contributed by atoms with Gasteiger partial charge >= 0.3 is 0 Å². The second-order valence-electron chi connectivity index (χ2n) is 6.16. The molecule has 3 heterocycles.